The molecule has 4 heterocycles. The largest absolute Gasteiger partial charge is 0.318 e. The molecule has 0 amide bonds. The Labute approximate surface area is 296 Å². The van der Waals surface area contributed by atoms with Crippen molar-refractivity contribution in [3.8, 4) is 22.8 Å². The minimum atomic E-state index is -0.184. The van der Waals surface area contributed by atoms with Crippen LogP contribution in [0.3, 0.4) is 0 Å². The molecule has 4 nitrogen and oxygen atoms in total. The second kappa shape index (κ2) is 11.6. The molecule has 4 aromatic carbocycles. The van der Waals surface area contributed by atoms with Crippen molar-refractivity contribution in [1.29, 1.82) is 0 Å². The number of nitrogens with zero attached hydrogens (tertiary/aromatic N) is 4. The van der Waals surface area contributed by atoms with Gasteiger partial charge in [-0.1, -0.05) is 108 Å². The third kappa shape index (κ3) is 5.01. The first-order chi connectivity index (χ1) is 22.5. The van der Waals surface area contributed by atoms with Crippen molar-refractivity contribution in [2.24, 2.45) is 0 Å². The fourth-order valence-electron chi connectivity index (χ4n) is 7.19. The van der Waals surface area contributed by atoms with Gasteiger partial charge in [0.15, 0.2) is 0 Å². The van der Waals surface area contributed by atoms with Crippen LogP contribution in [0.25, 0.3) is 66.6 Å². The number of aryl methyl sites for hydroxylation is 1. The standard InChI is InChI=1S/C43H39N4.Pt/c1-27-17-11-12-20-30(27)33-25-28(42(2,3)4)26-36(44-33)47-35-24-16-14-22-32(35)38-39(43(5,6)7)37-31-21-13-15-23-34(31)46(40(37)45-41(38)47)29-18-9-8-10-19-29;/h8-18,20-26H,1-7H3;/q-1;. The Hall–Kier alpha value is -4.53. The number of fused-ring (bicyclic) bond motifs is 6. The van der Waals surface area contributed by atoms with Gasteiger partial charge >= 0.3 is 0 Å². The third-order valence-corrected chi connectivity index (χ3v) is 9.42. The zero-order valence-electron chi connectivity index (χ0n) is 28.5. The van der Waals surface area contributed by atoms with E-state index in [1.807, 2.05) is 12.1 Å². The number of hydrogen-bond donors (Lipinski definition) is 0. The first-order valence-corrected chi connectivity index (χ1v) is 16.5. The molecule has 0 atom stereocenters. The molecule has 48 heavy (non-hydrogen) atoms. The second-order valence-corrected chi connectivity index (χ2v) is 14.8. The SMILES string of the molecule is Cc1ccccc1-c1cc(C(C)(C)C)cc(-n2c3ccccc3c3c(C(C)(C)C)c4c5ccccc5n(-c5[c-]cccc5)c4nc32)n1.[Pt]. The maximum Gasteiger partial charge on any atom is 0.149 e. The van der Waals surface area contributed by atoms with Crippen LogP contribution in [0.1, 0.15) is 58.2 Å². The van der Waals surface area contributed by atoms with Gasteiger partial charge in [-0.3, -0.25) is 4.57 Å². The molecule has 0 saturated heterocycles. The minimum Gasteiger partial charge on any atom is -0.318 e. The van der Waals surface area contributed by atoms with Crippen LogP contribution in [0.4, 0.5) is 0 Å². The van der Waals surface area contributed by atoms with Crippen molar-refractivity contribution in [2.75, 3.05) is 0 Å². The summed E-state index contributed by atoms with van der Waals surface area (Å²) in [7, 11) is 0. The molecular formula is C43H39N4Pt-. The van der Waals surface area contributed by atoms with E-state index >= 15 is 0 Å². The molecule has 5 heteroatoms. The number of aromatic nitrogens is 4. The molecule has 0 saturated carbocycles. The maximum atomic E-state index is 5.66. The Balaban J connectivity index is 0.00000364. The fourth-order valence-corrected chi connectivity index (χ4v) is 7.19. The van der Waals surface area contributed by atoms with Crippen LogP contribution in [0.5, 0.6) is 0 Å². The molecule has 0 bridgehead atoms. The molecule has 0 aliphatic rings. The van der Waals surface area contributed by atoms with Gasteiger partial charge in [-0.2, -0.15) is 24.3 Å². The van der Waals surface area contributed by atoms with Crippen LogP contribution in [0, 0.1) is 13.0 Å². The average Bonchev–Trinajstić information content (AvgIpc) is 3.55. The Morgan fingerprint density at radius 1 is 0.604 bits per heavy atom. The summed E-state index contributed by atoms with van der Waals surface area (Å²) < 4.78 is 4.58. The number of rotatable bonds is 3. The van der Waals surface area contributed by atoms with Crippen LogP contribution >= 0.6 is 0 Å². The normalized spacial score (nSPS) is 12.3. The molecule has 4 aromatic heterocycles. The van der Waals surface area contributed by atoms with Gasteiger partial charge in [0, 0.05) is 48.2 Å². The van der Waals surface area contributed by atoms with Gasteiger partial charge in [0.25, 0.3) is 0 Å². The quantitative estimate of drug-likeness (QED) is 0.167. The molecule has 0 spiro atoms. The number of para-hydroxylation sites is 3. The van der Waals surface area contributed by atoms with Crippen LogP contribution < -0.4 is 0 Å². The van der Waals surface area contributed by atoms with Gasteiger partial charge in [0.1, 0.15) is 17.1 Å². The predicted molar refractivity (Wildman–Crippen MR) is 197 cm³/mol. The van der Waals surface area contributed by atoms with Crippen LogP contribution in [0.15, 0.2) is 109 Å². The van der Waals surface area contributed by atoms with Gasteiger partial charge in [-0.05, 0) is 58.7 Å². The zero-order valence-corrected chi connectivity index (χ0v) is 30.8. The summed E-state index contributed by atoms with van der Waals surface area (Å²) in [6, 6.07) is 42.1. The van der Waals surface area contributed by atoms with Crippen molar-refractivity contribution in [3.63, 3.8) is 0 Å². The topological polar surface area (TPSA) is 35.6 Å². The van der Waals surface area contributed by atoms with E-state index in [9.17, 15) is 0 Å². The van der Waals surface area contributed by atoms with E-state index in [2.05, 4.69) is 161 Å². The second-order valence-electron chi connectivity index (χ2n) is 14.8. The Morgan fingerprint density at radius 3 is 1.79 bits per heavy atom. The summed E-state index contributed by atoms with van der Waals surface area (Å²) in [5, 5.41) is 4.76. The molecule has 8 rings (SSSR count). The van der Waals surface area contributed by atoms with E-state index < -0.39 is 0 Å². The molecule has 0 radical (unpaired) electrons. The van der Waals surface area contributed by atoms with E-state index in [0.717, 1.165) is 45.1 Å². The van der Waals surface area contributed by atoms with Crippen molar-refractivity contribution in [1.82, 2.24) is 19.1 Å². The average molecular weight is 807 g/mol. The predicted octanol–water partition coefficient (Wildman–Crippen LogP) is 11.0. The smallest absolute Gasteiger partial charge is 0.149 e. The first kappa shape index (κ1) is 32.0. The number of pyridine rings is 2. The van der Waals surface area contributed by atoms with Gasteiger partial charge in [0.05, 0.1) is 16.7 Å². The molecule has 242 valence electrons. The maximum absolute atomic E-state index is 5.66. The first-order valence-electron chi connectivity index (χ1n) is 16.5. The Kier molecular flexibility index (Phi) is 7.72. The summed E-state index contributed by atoms with van der Waals surface area (Å²) in [6.45, 7) is 15.9. The van der Waals surface area contributed by atoms with Crippen LogP contribution in [-0.4, -0.2) is 19.1 Å². The molecular weight excluding hydrogens is 768 g/mol. The molecule has 0 fully saturated rings. The molecule has 0 aliphatic heterocycles. The van der Waals surface area contributed by atoms with Gasteiger partial charge in [-0.25, -0.2) is 9.97 Å². The summed E-state index contributed by atoms with van der Waals surface area (Å²) in [6.07, 6.45) is 0. The van der Waals surface area contributed by atoms with Crippen molar-refractivity contribution < 1.29 is 21.1 Å². The van der Waals surface area contributed by atoms with Gasteiger partial charge < -0.3 is 4.57 Å². The van der Waals surface area contributed by atoms with Crippen molar-refractivity contribution in [2.45, 2.75) is 59.3 Å². The Bertz CT molecular complexity index is 2490. The van der Waals surface area contributed by atoms with Crippen molar-refractivity contribution in [3.05, 3.63) is 132 Å². The van der Waals surface area contributed by atoms with E-state index in [4.69, 9.17) is 9.97 Å². The third-order valence-electron chi connectivity index (χ3n) is 9.42. The fraction of sp³-hybridized carbons (Fsp3) is 0.209. The summed E-state index contributed by atoms with van der Waals surface area (Å²) in [4.78, 5) is 11.1. The number of benzene rings is 4. The van der Waals surface area contributed by atoms with E-state index in [1.54, 1.807) is 0 Å². The van der Waals surface area contributed by atoms with Crippen molar-refractivity contribution >= 4 is 43.9 Å². The summed E-state index contributed by atoms with van der Waals surface area (Å²) in [5.41, 5.74) is 10.6. The summed E-state index contributed by atoms with van der Waals surface area (Å²) in [5.74, 6) is 0.877. The van der Waals surface area contributed by atoms with E-state index in [1.165, 1.54) is 38.2 Å². The molecule has 0 unspecified atom stereocenters. The summed E-state index contributed by atoms with van der Waals surface area (Å²) >= 11 is 0. The van der Waals surface area contributed by atoms with Gasteiger partial charge in [-0.15, -0.1) is 6.07 Å². The molecule has 0 N–H and O–H groups in total. The Morgan fingerprint density at radius 2 is 1.19 bits per heavy atom. The van der Waals surface area contributed by atoms with E-state index in [-0.39, 0.29) is 31.9 Å². The molecule has 8 aromatic rings. The van der Waals surface area contributed by atoms with E-state index in [0.29, 0.717) is 0 Å². The van der Waals surface area contributed by atoms with Crippen LogP contribution in [0.2, 0.25) is 0 Å². The monoisotopic (exact) mass is 806 g/mol. The minimum absolute atomic E-state index is 0. The number of hydrogen-bond acceptors (Lipinski definition) is 2. The van der Waals surface area contributed by atoms with Gasteiger partial charge in [0.2, 0.25) is 0 Å². The van der Waals surface area contributed by atoms with Crippen LogP contribution in [-0.2, 0) is 31.9 Å². The molecule has 0 aliphatic carbocycles. The zero-order chi connectivity index (χ0) is 32.7.